The summed E-state index contributed by atoms with van der Waals surface area (Å²) in [5.74, 6) is 0.0814. The molecular weight excluding hydrogens is 248 g/mol. The molecule has 2 N–H and O–H groups in total. The van der Waals surface area contributed by atoms with Crippen molar-refractivity contribution in [2.24, 2.45) is 0 Å². The number of hydrogen-bond donors (Lipinski definition) is 2. The van der Waals surface area contributed by atoms with Gasteiger partial charge in [-0.25, -0.2) is 4.98 Å². The van der Waals surface area contributed by atoms with Gasteiger partial charge in [-0.05, 0) is 13.3 Å². The fraction of sp³-hybridized carbons (Fsp3) is 0.667. The van der Waals surface area contributed by atoms with Gasteiger partial charge in [-0.1, -0.05) is 6.92 Å². The number of amides is 1. The van der Waals surface area contributed by atoms with E-state index in [1.54, 1.807) is 11.3 Å². The second-order valence-corrected chi connectivity index (χ2v) is 5.12. The second kappa shape index (κ2) is 6.15. The van der Waals surface area contributed by atoms with E-state index >= 15 is 0 Å². The molecule has 0 aliphatic carbocycles. The number of rotatable bonds is 4. The number of anilines is 1. The average molecular weight is 268 g/mol. The number of aryl methyl sites for hydroxylation is 1. The van der Waals surface area contributed by atoms with Gasteiger partial charge >= 0.3 is 0 Å². The summed E-state index contributed by atoms with van der Waals surface area (Å²) in [6.07, 6.45) is 0.939. The smallest absolute Gasteiger partial charge is 0.244 e. The molecule has 0 saturated carbocycles. The first kappa shape index (κ1) is 13.3. The molecule has 1 saturated heterocycles. The molecule has 1 atom stereocenters. The molecule has 1 amide bonds. The predicted octanol–water partition coefficient (Wildman–Crippen LogP) is 0.620. The molecule has 2 heterocycles. The average Bonchev–Trinajstić information content (AvgIpc) is 2.87. The maximum absolute atomic E-state index is 12.0. The summed E-state index contributed by atoms with van der Waals surface area (Å²) in [5, 5.41) is 9.20. The number of piperazine rings is 1. The molecule has 18 heavy (non-hydrogen) atoms. The van der Waals surface area contributed by atoms with Gasteiger partial charge in [0.1, 0.15) is 6.04 Å². The van der Waals surface area contributed by atoms with Gasteiger partial charge in [-0.15, -0.1) is 11.3 Å². The van der Waals surface area contributed by atoms with E-state index < -0.39 is 0 Å². The molecule has 0 bridgehead atoms. The van der Waals surface area contributed by atoms with Gasteiger partial charge in [0, 0.05) is 31.6 Å². The monoisotopic (exact) mass is 268 g/mol. The van der Waals surface area contributed by atoms with Crippen LogP contribution in [-0.4, -0.2) is 43.1 Å². The molecule has 0 aromatic carbocycles. The highest BCUT2D eigenvalue weighted by Crippen LogP contribution is 2.23. The highest BCUT2D eigenvalue weighted by molar-refractivity contribution is 7.13. The van der Waals surface area contributed by atoms with E-state index in [-0.39, 0.29) is 11.9 Å². The van der Waals surface area contributed by atoms with Crippen molar-refractivity contribution < 1.29 is 4.79 Å². The van der Waals surface area contributed by atoms with Crippen LogP contribution in [0.1, 0.15) is 19.5 Å². The van der Waals surface area contributed by atoms with E-state index in [9.17, 15) is 4.79 Å². The Morgan fingerprint density at radius 1 is 1.67 bits per heavy atom. The van der Waals surface area contributed by atoms with E-state index in [0.717, 1.165) is 30.3 Å². The van der Waals surface area contributed by atoms with E-state index in [4.69, 9.17) is 0 Å². The molecule has 0 radical (unpaired) electrons. The Labute approximate surface area is 112 Å². The molecule has 1 aliphatic rings. The van der Waals surface area contributed by atoms with Crippen LogP contribution in [0.2, 0.25) is 0 Å². The summed E-state index contributed by atoms with van der Waals surface area (Å²) in [5.41, 5.74) is 1.10. The van der Waals surface area contributed by atoms with Crippen LogP contribution < -0.4 is 15.5 Å². The molecule has 1 aromatic heterocycles. The lowest BCUT2D eigenvalue weighted by Gasteiger charge is -2.34. The van der Waals surface area contributed by atoms with E-state index in [2.05, 4.69) is 32.8 Å². The third kappa shape index (κ3) is 2.81. The van der Waals surface area contributed by atoms with Gasteiger partial charge in [0.2, 0.25) is 5.91 Å². The van der Waals surface area contributed by atoms with Gasteiger partial charge in [0.15, 0.2) is 5.13 Å². The first-order chi connectivity index (χ1) is 8.76. The summed E-state index contributed by atoms with van der Waals surface area (Å²) < 4.78 is 0. The van der Waals surface area contributed by atoms with Crippen molar-refractivity contribution >= 4 is 22.4 Å². The van der Waals surface area contributed by atoms with Crippen molar-refractivity contribution in [3.63, 3.8) is 0 Å². The molecule has 1 fully saturated rings. The Morgan fingerprint density at radius 2 is 2.50 bits per heavy atom. The summed E-state index contributed by atoms with van der Waals surface area (Å²) in [4.78, 5) is 18.7. The van der Waals surface area contributed by atoms with Gasteiger partial charge in [0.25, 0.3) is 0 Å². The van der Waals surface area contributed by atoms with Crippen LogP contribution in [0.25, 0.3) is 0 Å². The highest BCUT2D eigenvalue weighted by Gasteiger charge is 2.29. The first-order valence-corrected chi connectivity index (χ1v) is 7.33. The number of thiazole rings is 1. The minimum Gasteiger partial charge on any atom is -0.355 e. The first-order valence-electron chi connectivity index (χ1n) is 6.45. The molecule has 6 heteroatoms. The number of carbonyl (C=O) groups is 1. The minimum absolute atomic E-state index is 0.0814. The van der Waals surface area contributed by atoms with Crippen LogP contribution in [-0.2, 0) is 11.2 Å². The number of aromatic nitrogens is 1. The Balaban J connectivity index is 2.14. The van der Waals surface area contributed by atoms with Gasteiger partial charge in [-0.2, -0.15) is 0 Å². The Kier molecular flexibility index (Phi) is 4.54. The molecule has 100 valence electrons. The van der Waals surface area contributed by atoms with Crippen LogP contribution in [0.15, 0.2) is 5.38 Å². The molecule has 1 aromatic rings. The van der Waals surface area contributed by atoms with Crippen LogP contribution in [0.4, 0.5) is 5.13 Å². The molecule has 0 spiro atoms. The third-order valence-electron chi connectivity index (χ3n) is 3.04. The Bertz CT molecular complexity index is 407. The molecule has 2 rings (SSSR count). The molecular formula is C12H20N4OS. The Hall–Kier alpha value is -1.14. The van der Waals surface area contributed by atoms with E-state index in [1.807, 2.05) is 6.92 Å². The SMILES string of the molecule is CCNC(=O)C1CNCCN1c1nc(CC)cs1. The molecule has 5 nitrogen and oxygen atoms in total. The number of nitrogens with zero attached hydrogens (tertiary/aromatic N) is 2. The van der Waals surface area contributed by atoms with Crippen molar-refractivity contribution in [2.75, 3.05) is 31.1 Å². The number of nitrogens with one attached hydrogen (secondary N) is 2. The quantitative estimate of drug-likeness (QED) is 0.840. The van der Waals surface area contributed by atoms with Crippen LogP contribution in [0, 0.1) is 0 Å². The number of likely N-dealkylation sites (N-methyl/N-ethyl adjacent to an activating group) is 1. The Morgan fingerprint density at radius 3 is 3.17 bits per heavy atom. The van der Waals surface area contributed by atoms with Gasteiger partial charge < -0.3 is 15.5 Å². The van der Waals surface area contributed by atoms with Crippen molar-refractivity contribution in [1.29, 1.82) is 0 Å². The van der Waals surface area contributed by atoms with Crippen molar-refractivity contribution in [1.82, 2.24) is 15.6 Å². The normalized spacial score (nSPS) is 19.9. The summed E-state index contributed by atoms with van der Waals surface area (Å²) >= 11 is 1.63. The van der Waals surface area contributed by atoms with E-state index in [1.165, 1.54) is 0 Å². The fourth-order valence-electron chi connectivity index (χ4n) is 2.05. The maximum atomic E-state index is 12.0. The van der Waals surface area contributed by atoms with E-state index in [0.29, 0.717) is 13.1 Å². The lowest BCUT2D eigenvalue weighted by molar-refractivity contribution is -0.122. The van der Waals surface area contributed by atoms with Crippen LogP contribution >= 0.6 is 11.3 Å². The summed E-state index contributed by atoms with van der Waals surface area (Å²) in [6.45, 7) is 7.12. The van der Waals surface area contributed by atoms with Crippen LogP contribution in [0.3, 0.4) is 0 Å². The fourth-order valence-corrected chi connectivity index (χ4v) is 3.03. The highest BCUT2D eigenvalue weighted by atomic mass is 32.1. The summed E-state index contributed by atoms with van der Waals surface area (Å²) in [6, 6.07) is -0.144. The van der Waals surface area contributed by atoms with Crippen molar-refractivity contribution in [3.8, 4) is 0 Å². The summed E-state index contributed by atoms with van der Waals surface area (Å²) in [7, 11) is 0. The zero-order valence-electron chi connectivity index (χ0n) is 10.9. The van der Waals surface area contributed by atoms with Crippen molar-refractivity contribution in [3.05, 3.63) is 11.1 Å². The predicted molar refractivity (Wildman–Crippen MR) is 74.2 cm³/mol. The number of hydrogen-bond acceptors (Lipinski definition) is 5. The standard InChI is InChI=1S/C12H20N4OS/c1-3-9-8-18-12(15-9)16-6-5-13-7-10(16)11(17)14-4-2/h8,10,13H,3-7H2,1-2H3,(H,14,17). The zero-order valence-corrected chi connectivity index (χ0v) is 11.7. The van der Waals surface area contributed by atoms with Crippen molar-refractivity contribution in [2.45, 2.75) is 26.3 Å². The largest absolute Gasteiger partial charge is 0.355 e. The number of carbonyl (C=O) groups excluding carboxylic acids is 1. The topological polar surface area (TPSA) is 57.3 Å². The molecule has 1 aliphatic heterocycles. The van der Waals surface area contributed by atoms with Gasteiger partial charge in [0.05, 0.1) is 5.69 Å². The lowest BCUT2D eigenvalue weighted by Crippen LogP contribution is -2.58. The second-order valence-electron chi connectivity index (χ2n) is 4.28. The van der Waals surface area contributed by atoms with Gasteiger partial charge in [-0.3, -0.25) is 4.79 Å². The zero-order chi connectivity index (χ0) is 13.0. The lowest BCUT2D eigenvalue weighted by atomic mass is 10.2. The maximum Gasteiger partial charge on any atom is 0.244 e. The molecule has 1 unspecified atom stereocenters. The third-order valence-corrected chi connectivity index (χ3v) is 3.97. The van der Waals surface area contributed by atoms with Crippen LogP contribution in [0.5, 0.6) is 0 Å². The minimum atomic E-state index is -0.144.